The summed E-state index contributed by atoms with van der Waals surface area (Å²) in [5.74, 6) is 0.818. The molecule has 0 spiro atoms. The summed E-state index contributed by atoms with van der Waals surface area (Å²) in [5.41, 5.74) is 0.694. The van der Waals surface area contributed by atoms with Crippen LogP contribution >= 0.6 is 0 Å². The Kier molecular flexibility index (Phi) is 8.52. The van der Waals surface area contributed by atoms with E-state index in [1.807, 2.05) is 19.1 Å². The normalized spacial score (nSPS) is 15.6. The summed E-state index contributed by atoms with van der Waals surface area (Å²) in [7, 11) is 0. The van der Waals surface area contributed by atoms with Gasteiger partial charge in [-0.05, 0) is 38.8 Å². The molecule has 1 N–H and O–H groups in total. The Morgan fingerprint density at radius 3 is 2.60 bits per heavy atom. The number of unbranched alkanes of at least 4 members (excludes halogenated alkanes) is 1. The van der Waals surface area contributed by atoms with Gasteiger partial charge < -0.3 is 19.9 Å². The van der Waals surface area contributed by atoms with E-state index in [1.165, 1.54) is 6.07 Å². The van der Waals surface area contributed by atoms with E-state index >= 15 is 0 Å². The number of guanidine groups is 1. The highest BCUT2D eigenvalue weighted by Gasteiger charge is 2.21. The summed E-state index contributed by atoms with van der Waals surface area (Å²) >= 11 is 0. The number of halogens is 1. The van der Waals surface area contributed by atoms with E-state index in [2.05, 4.69) is 22.0 Å². The van der Waals surface area contributed by atoms with Crippen LogP contribution in [0.3, 0.4) is 0 Å². The van der Waals surface area contributed by atoms with E-state index in [0.29, 0.717) is 5.69 Å². The van der Waals surface area contributed by atoms with Crippen molar-refractivity contribution in [2.75, 3.05) is 57.4 Å². The Morgan fingerprint density at radius 1 is 1.16 bits per heavy atom. The molecule has 1 aromatic rings. The van der Waals surface area contributed by atoms with Crippen LogP contribution < -0.4 is 10.2 Å². The van der Waals surface area contributed by atoms with Gasteiger partial charge in [0.25, 0.3) is 0 Å². The number of rotatable bonds is 8. The maximum atomic E-state index is 13.9. The maximum absolute atomic E-state index is 13.9. The molecule has 6 heteroatoms. The lowest BCUT2D eigenvalue weighted by atomic mass is 10.2. The molecule has 0 unspecified atom stereocenters. The number of hydrogen-bond donors (Lipinski definition) is 1. The number of nitrogens with one attached hydrogen (secondary N) is 1. The third kappa shape index (κ3) is 6.20. The summed E-state index contributed by atoms with van der Waals surface area (Å²) in [5, 5.41) is 3.37. The van der Waals surface area contributed by atoms with E-state index in [0.717, 1.165) is 71.3 Å². The first-order chi connectivity index (χ1) is 12.3. The van der Waals surface area contributed by atoms with E-state index in [4.69, 9.17) is 9.73 Å². The third-order valence-electron chi connectivity index (χ3n) is 4.27. The Balaban J connectivity index is 1.83. The van der Waals surface area contributed by atoms with E-state index in [9.17, 15) is 4.39 Å². The minimum atomic E-state index is -0.147. The summed E-state index contributed by atoms with van der Waals surface area (Å²) < 4.78 is 19.3. The highest BCUT2D eigenvalue weighted by molar-refractivity contribution is 5.80. The van der Waals surface area contributed by atoms with Crippen LogP contribution in [0, 0.1) is 5.82 Å². The molecule has 0 atom stereocenters. The molecule has 0 saturated carbocycles. The van der Waals surface area contributed by atoms with Crippen LogP contribution in [0.25, 0.3) is 0 Å². The topological polar surface area (TPSA) is 40.1 Å². The first-order valence-electron chi connectivity index (χ1n) is 9.36. The van der Waals surface area contributed by atoms with Crippen molar-refractivity contribution in [3.05, 3.63) is 30.1 Å². The Labute approximate surface area is 150 Å². The highest BCUT2D eigenvalue weighted by atomic mass is 19.1. The quantitative estimate of drug-likeness (QED) is 0.445. The van der Waals surface area contributed by atoms with Crippen molar-refractivity contribution >= 4 is 11.6 Å². The molecule has 0 radical (unpaired) electrons. The largest absolute Gasteiger partial charge is 0.382 e. The molecule has 0 aromatic heterocycles. The van der Waals surface area contributed by atoms with Crippen LogP contribution in [0.1, 0.15) is 26.7 Å². The summed E-state index contributed by atoms with van der Waals surface area (Å²) in [6.45, 7) is 10.6. The molecule has 25 heavy (non-hydrogen) atoms. The molecule has 0 aliphatic carbocycles. The Bertz CT molecular complexity index is 530. The summed E-state index contributed by atoms with van der Waals surface area (Å²) in [4.78, 5) is 9.11. The molecule has 1 heterocycles. The number of para-hydroxylation sites is 1. The SMILES string of the molecule is CCNC(=NCCCCOCC)N1CCN(c2ccccc2F)CC1. The molecule has 1 fully saturated rings. The molecule has 1 aliphatic rings. The minimum Gasteiger partial charge on any atom is -0.382 e. The van der Waals surface area contributed by atoms with E-state index in [-0.39, 0.29) is 5.82 Å². The van der Waals surface area contributed by atoms with Gasteiger partial charge >= 0.3 is 0 Å². The van der Waals surface area contributed by atoms with Gasteiger partial charge in [0.2, 0.25) is 0 Å². The number of hydrogen-bond acceptors (Lipinski definition) is 3. The van der Waals surface area contributed by atoms with Gasteiger partial charge in [-0.25, -0.2) is 4.39 Å². The molecule has 140 valence electrons. The van der Waals surface area contributed by atoms with Gasteiger partial charge in [-0.15, -0.1) is 0 Å². The lowest BCUT2D eigenvalue weighted by Gasteiger charge is -2.37. The van der Waals surface area contributed by atoms with Crippen molar-refractivity contribution in [2.45, 2.75) is 26.7 Å². The smallest absolute Gasteiger partial charge is 0.194 e. The van der Waals surface area contributed by atoms with Gasteiger partial charge in [0, 0.05) is 52.5 Å². The average Bonchev–Trinajstić information content (AvgIpc) is 2.64. The summed E-state index contributed by atoms with van der Waals surface area (Å²) in [6.07, 6.45) is 2.07. The van der Waals surface area contributed by atoms with Crippen molar-refractivity contribution in [1.82, 2.24) is 10.2 Å². The number of nitrogens with zero attached hydrogens (tertiary/aromatic N) is 3. The second-order valence-corrected chi connectivity index (χ2v) is 6.07. The molecule has 1 aliphatic heterocycles. The first kappa shape index (κ1) is 19.5. The zero-order valence-electron chi connectivity index (χ0n) is 15.5. The third-order valence-corrected chi connectivity index (χ3v) is 4.27. The van der Waals surface area contributed by atoms with Crippen molar-refractivity contribution in [3.8, 4) is 0 Å². The molecule has 0 amide bonds. The van der Waals surface area contributed by atoms with Crippen molar-refractivity contribution in [2.24, 2.45) is 4.99 Å². The predicted octanol–water partition coefficient (Wildman–Crippen LogP) is 2.73. The zero-order chi connectivity index (χ0) is 17.9. The van der Waals surface area contributed by atoms with Crippen LogP contribution in [-0.2, 0) is 4.74 Å². The fourth-order valence-corrected chi connectivity index (χ4v) is 2.94. The van der Waals surface area contributed by atoms with Crippen molar-refractivity contribution in [1.29, 1.82) is 0 Å². The van der Waals surface area contributed by atoms with Crippen LogP contribution in [0.2, 0.25) is 0 Å². The molecular formula is C19H31FN4O. The van der Waals surface area contributed by atoms with Crippen LogP contribution in [-0.4, -0.2) is 63.3 Å². The highest BCUT2D eigenvalue weighted by Crippen LogP contribution is 2.20. The van der Waals surface area contributed by atoms with E-state index < -0.39 is 0 Å². The van der Waals surface area contributed by atoms with Gasteiger partial charge in [0.15, 0.2) is 5.96 Å². The molecule has 5 nitrogen and oxygen atoms in total. The maximum Gasteiger partial charge on any atom is 0.194 e. The molecule has 1 saturated heterocycles. The Hall–Kier alpha value is -1.82. The number of ether oxygens (including phenoxy) is 1. The number of piperazine rings is 1. The standard InChI is InChI=1S/C19H31FN4O/c1-3-21-19(22-11-7-8-16-25-4-2)24-14-12-23(13-15-24)18-10-6-5-9-17(18)20/h5-6,9-10H,3-4,7-8,11-16H2,1-2H3,(H,21,22). The van der Waals surface area contributed by atoms with Gasteiger partial charge in [-0.1, -0.05) is 12.1 Å². The lowest BCUT2D eigenvalue weighted by Crippen LogP contribution is -2.52. The van der Waals surface area contributed by atoms with Crippen LogP contribution in [0.15, 0.2) is 29.3 Å². The van der Waals surface area contributed by atoms with Gasteiger partial charge in [0.1, 0.15) is 5.82 Å². The summed E-state index contributed by atoms with van der Waals surface area (Å²) in [6, 6.07) is 6.99. The van der Waals surface area contributed by atoms with Crippen molar-refractivity contribution < 1.29 is 9.13 Å². The first-order valence-corrected chi connectivity index (χ1v) is 9.36. The minimum absolute atomic E-state index is 0.147. The molecule has 2 rings (SSSR count). The second-order valence-electron chi connectivity index (χ2n) is 6.07. The van der Waals surface area contributed by atoms with Gasteiger partial charge in [-0.2, -0.15) is 0 Å². The fourth-order valence-electron chi connectivity index (χ4n) is 2.94. The zero-order valence-corrected chi connectivity index (χ0v) is 15.5. The fraction of sp³-hybridized carbons (Fsp3) is 0.632. The van der Waals surface area contributed by atoms with Gasteiger partial charge in [0.05, 0.1) is 5.69 Å². The second kappa shape index (κ2) is 10.9. The average molecular weight is 350 g/mol. The Morgan fingerprint density at radius 2 is 1.92 bits per heavy atom. The monoisotopic (exact) mass is 350 g/mol. The molecular weight excluding hydrogens is 319 g/mol. The number of anilines is 1. The number of benzene rings is 1. The van der Waals surface area contributed by atoms with E-state index in [1.54, 1.807) is 6.07 Å². The molecule has 0 bridgehead atoms. The van der Waals surface area contributed by atoms with Crippen molar-refractivity contribution in [3.63, 3.8) is 0 Å². The molecule has 1 aromatic carbocycles. The van der Waals surface area contributed by atoms with Gasteiger partial charge in [-0.3, -0.25) is 4.99 Å². The predicted molar refractivity (Wildman–Crippen MR) is 102 cm³/mol. The van der Waals surface area contributed by atoms with Crippen LogP contribution in [0.5, 0.6) is 0 Å². The van der Waals surface area contributed by atoms with Crippen LogP contribution in [0.4, 0.5) is 10.1 Å². The lowest BCUT2D eigenvalue weighted by molar-refractivity contribution is 0.144. The number of aliphatic imine (C=N–C) groups is 1.